The minimum absolute atomic E-state index is 0.0294. The van der Waals surface area contributed by atoms with Crippen molar-refractivity contribution in [2.75, 3.05) is 10.8 Å². The smallest absolute Gasteiger partial charge is 0.271 e. The first-order chi connectivity index (χ1) is 18.8. The maximum absolute atomic E-state index is 13.3. The van der Waals surface area contributed by atoms with Gasteiger partial charge in [-0.1, -0.05) is 54.6 Å². The van der Waals surface area contributed by atoms with Crippen molar-refractivity contribution < 1.29 is 22.9 Å². The van der Waals surface area contributed by atoms with Crippen LogP contribution >= 0.6 is 0 Å². The molecule has 0 spiro atoms. The van der Waals surface area contributed by atoms with Crippen LogP contribution in [0.2, 0.25) is 0 Å². The van der Waals surface area contributed by atoms with Gasteiger partial charge in [-0.05, 0) is 53.6 Å². The number of hydrazone groups is 1. The lowest BCUT2D eigenvalue weighted by molar-refractivity contribution is -0.384. The van der Waals surface area contributed by atoms with Crippen molar-refractivity contribution in [1.29, 1.82) is 0 Å². The van der Waals surface area contributed by atoms with E-state index in [0.717, 1.165) is 15.9 Å². The third-order valence-electron chi connectivity index (χ3n) is 5.48. The SMILES string of the molecule is O=C(CN(c1cccc([N+](=O)[O-])c1)S(=O)(=O)c1ccccc1)N/N=C\c1ccc(OCc2ccccc2)cc1. The van der Waals surface area contributed by atoms with E-state index in [0.29, 0.717) is 17.9 Å². The molecule has 0 heterocycles. The predicted molar refractivity (Wildman–Crippen MR) is 147 cm³/mol. The quantitative estimate of drug-likeness (QED) is 0.168. The Labute approximate surface area is 225 Å². The Kier molecular flexibility index (Phi) is 8.64. The van der Waals surface area contributed by atoms with Gasteiger partial charge in [-0.3, -0.25) is 19.2 Å². The number of nitrogens with zero attached hydrogens (tertiary/aromatic N) is 3. The monoisotopic (exact) mass is 544 g/mol. The van der Waals surface area contributed by atoms with Crippen LogP contribution in [0.5, 0.6) is 5.75 Å². The summed E-state index contributed by atoms with van der Waals surface area (Å²) >= 11 is 0. The number of carbonyl (C=O) groups excluding carboxylic acids is 1. The van der Waals surface area contributed by atoms with E-state index >= 15 is 0 Å². The van der Waals surface area contributed by atoms with Crippen molar-refractivity contribution in [3.05, 3.63) is 130 Å². The number of nitro groups is 1. The van der Waals surface area contributed by atoms with Gasteiger partial charge in [-0.2, -0.15) is 5.10 Å². The Bertz CT molecular complexity index is 1560. The van der Waals surface area contributed by atoms with Gasteiger partial charge in [0.25, 0.3) is 21.6 Å². The molecule has 39 heavy (non-hydrogen) atoms. The van der Waals surface area contributed by atoms with Crippen LogP contribution in [-0.2, 0) is 21.4 Å². The third kappa shape index (κ3) is 7.27. The molecule has 11 heteroatoms. The second kappa shape index (κ2) is 12.5. The zero-order valence-corrected chi connectivity index (χ0v) is 21.4. The van der Waals surface area contributed by atoms with Crippen LogP contribution in [-0.4, -0.2) is 32.0 Å². The van der Waals surface area contributed by atoms with E-state index in [-0.39, 0.29) is 16.3 Å². The van der Waals surface area contributed by atoms with Gasteiger partial charge < -0.3 is 4.74 Å². The first kappa shape index (κ1) is 27.0. The molecule has 0 bridgehead atoms. The summed E-state index contributed by atoms with van der Waals surface area (Å²) in [6, 6.07) is 29.3. The number of hydrogen-bond acceptors (Lipinski definition) is 7. The van der Waals surface area contributed by atoms with Gasteiger partial charge >= 0.3 is 0 Å². The van der Waals surface area contributed by atoms with E-state index in [9.17, 15) is 23.3 Å². The third-order valence-corrected chi connectivity index (χ3v) is 7.27. The van der Waals surface area contributed by atoms with Gasteiger partial charge in [0.05, 0.1) is 21.7 Å². The van der Waals surface area contributed by atoms with E-state index in [1.807, 2.05) is 30.3 Å². The Morgan fingerprint density at radius 2 is 1.59 bits per heavy atom. The van der Waals surface area contributed by atoms with Crippen molar-refractivity contribution >= 4 is 33.5 Å². The molecular weight excluding hydrogens is 520 g/mol. The molecule has 0 aliphatic rings. The molecule has 0 atom stereocenters. The van der Waals surface area contributed by atoms with Gasteiger partial charge in [0.1, 0.15) is 18.9 Å². The molecule has 4 rings (SSSR count). The molecule has 0 saturated carbocycles. The van der Waals surface area contributed by atoms with Crippen LogP contribution in [0.25, 0.3) is 0 Å². The van der Waals surface area contributed by atoms with Gasteiger partial charge in [0.15, 0.2) is 0 Å². The summed E-state index contributed by atoms with van der Waals surface area (Å²) in [5.74, 6) is -0.0705. The molecule has 0 fully saturated rings. The van der Waals surface area contributed by atoms with Gasteiger partial charge in [0.2, 0.25) is 0 Å². The van der Waals surface area contributed by atoms with Crippen molar-refractivity contribution in [2.24, 2.45) is 5.10 Å². The minimum atomic E-state index is -4.22. The maximum atomic E-state index is 13.3. The second-order valence-corrected chi connectivity index (χ2v) is 10.1. The summed E-state index contributed by atoms with van der Waals surface area (Å²) in [5.41, 5.74) is 3.69. The molecule has 0 unspecified atom stereocenters. The van der Waals surface area contributed by atoms with E-state index < -0.39 is 27.4 Å². The van der Waals surface area contributed by atoms with Crippen LogP contribution in [0, 0.1) is 10.1 Å². The number of nitro benzene ring substituents is 1. The van der Waals surface area contributed by atoms with E-state index in [1.165, 1.54) is 36.5 Å². The number of amides is 1. The lowest BCUT2D eigenvalue weighted by Gasteiger charge is -2.23. The highest BCUT2D eigenvalue weighted by Gasteiger charge is 2.28. The Morgan fingerprint density at radius 3 is 2.26 bits per heavy atom. The lowest BCUT2D eigenvalue weighted by atomic mass is 10.2. The fourth-order valence-electron chi connectivity index (χ4n) is 3.53. The van der Waals surface area contributed by atoms with Gasteiger partial charge in [0, 0.05) is 12.1 Å². The fourth-order valence-corrected chi connectivity index (χ4v) is 4.97. The van der Waals surface area contributed by atoms with Crippen molar-refractivity contribution in [3.63, 3.8) is 0 Å². The van der Waals surface area contributed by atoms with Crippen LogP contribution in [0.3, 0.4) is 0 Å². The highest BCUT2D eigenvalue weighted by molar-refractivity contribution is 7.92. The van der Waals surface area contributed by atoms with E-state index in [1.54, 1.807) is 42.5 Å². The average molecular weight is 545 g/mol. The lowest BCUT2D eigenvalue weighted by Crippen LogP contribution is -2.39. The number of hydrogen-bond donors (Lipinski definition) is 1. The fraction of sp³-hybridized carbons (Fsp3) is 0.0714. The van der Waals surface area contributed by atoms with Crippen molar-refractivity contribution in [2.45, 2.75) is 11.5 Å². The number of carbonyl (C=O) groups is 1. The number of benzene rings is 4. The molecule has 0 aromatic heterocycles. The normalized spacial score (nSPS) is 11.2. The van der Waals surface area contributed by atoms with Crippen LogP contribution in [0.1, 0.15) is 11.1 Å². The number of sulfonamides is 1. The van der Waals surface area contributed by atoms with Gasteiger partial charge in [-0.15, -0.1) is 0 Å². The van der Waals surface area contributed by atoms with E-state index in [2.05, 4.69) is 10.5 Å². The Morgan fingerprint density at radius 1 is 0.923 bits per heavy atom. The number of non-ortho nitro benzene ring substituents is 1. The van der Waals surface area contributed by atoms with Crippen LogP contribution in [0.4, 0.5) is 11.4 Å². The zero-order chi connectivity index (χ0) is 27.7. The first-order valence-electron chi connectivity index (χ1n) is 11.7. The topological polar surface area (TPSA) is 131 Å². The number of anilines is 1. The van der Waals surface area contributed by atoms with Crippen molar-refractivity contribution in [1.82, 2.24) is 5.43 Å². The van der Waals surface area contributed by atoms with Crippen LogP contribution < -0.4 is 14.5 Å². The Balaban J connectivity index is 1.44. The second-order valence-electron chi connectivity index (χ2n) is 8.24. The zero-order valence-electron chi connectivity index (χ0n) is 20.6. The number of nitrogens with one attached hydrogen (secondary N) is 1. The maximum Gasteiger partial charge on any atom is 0.271 e. The minimum Gasteiger partial charge on any atom is -0.489 e. The molecule has 4 aromatic rings. The summed E-state index contributed by atoms with van der Waals surface area (Å²) in [6.07, 6.45) is 1.41. The number of rotatable bonds is 11. The summed E-state index contributed by atoms with van der Waals surface area (Å²) in [4.78, 5) is 23.2. The summed E-state index contributed by atoms with van der Waals surface area (Å²) in [6.45, 7) is -0.223. The molecule has 1 amide bonds. The number of ether oxygens (including phenoxy) is 1. The molecule has 0 aliphatic carbocycles. The molecule has 0 radical (unpaired) electrons. The molecule has 4 aromatic carbocycles. The van der Waals surface area contributed by atoms with E-state index in [4.69, 9.17) is 4.74 Å². The summed E-state index contributed by atoms with van der Waals surface area (Å²) in [5, 5.41) is 15.2. The van der Waals surface area contributed by atoms with Gasteiger partial charge in [-0.25, -0.2) is 13.8 Å². The molecule has 10 nitrogen and oxygen atoms in total. The highest BCUT2D eigenvalue weighted by Crippen LogP contribution is 2.26. The molecule has 1 N–H and O–H groups in total. The summed E-state index contributed by atoms with van der Waals surface area (Å²) < 4.78 is 33.2. The molecule has 0 aliphatic heterocycles. The Hall–Kier alpha value is -5.03. The molecule has 198 valence electrons. The van der Waals surface area contributed by atoms with Crippen LogP contribution in [0.15, 0.2) is 119 Å². The predicted octanol–water partition coefficient (Wildman–Crippen LogP) is 4.52. The molecule has 0 saturated heterocycles. The molecular formula is C28H24N4O6S. The van der Waals surface area contributed by atoms with Crippen molar-refractivity contribution in [3.8, 4) is 5.75 Å². The highest BCUT2D eigenvalue weighted by atomic mass is 32.2. The average Bonchev–Trinajstić information content (AvgIpc) is 2.96. The largest absolute Gasteiger partial charge is 0.489 e. The first-order valence-corrected chi connectivity index (χ1v) is 13.2. The summed E-state index contributed by atoms with van der Waals surface area (Å²) in [7, 11) is -4.22. The standard InChI is InChI=1S/C28H24N4O6S/c33-28(30-29-19-22-14-16-26(17-15-22)38-21-23-8-3-1-4-9-23)20-31(24-10-7-11-25(18-24)32(34)35)39(36,37)27-12-5-2-6-13-27/h1-19H,20-21H2,(H,30,33)/b29-19-.